The summed E-state index contributed by atoms with van der Waals surface area (Å²) in [6, 6.07) is 0.901. The van der Waals surface area contributed by atoms with Crippen molar-refractivity contribution in [3.63, 3.8) is 0 Å². The normalized spacial score (nSPS) is 11.8. The highest BCUT2D eigenvalue weighted by atomic mass is 16.4. The Labute approximate surface area is 123 Å². The molecule has 0 aliphatic rings. The lowest BCUT2D eigenvalue weighted by Crippen LogP contribution is -2.07. The van der Waals surface area contributed by atoms with Gasteiger partial charge in [0.2, 0.25) is 11.5 Å². The Balaban J connectivity index is 2.58. The Morgan fingerprint density at radius 2 is 1.26 bits per heavy atom. The van der Waals surface area contributed by atoms with Crippen LogP contribution in [0.3, 0.4) is 0 Å². The number of phenolic OH excluding ortho intramolecular Hbond substituents is 5. The van der Waals surface area contributed by atoms with Crippen LogP contribution in [-0.4, -0.2) is 25.5 Å². The molecule has 0 saturated carbocycles. The van der Waals surface area contributed by atoms with Crippen molar-refractivity contribution in [3.8, 4) is 28.7 Å². The van der Waals surface area contributed by atoms with Crippen LogP contribution in [0, 0.1) is 0 Å². The highest BCUT2D eigenvalue weighted by molar-refractivity contribution is 6.23. The maximum atomic E-state index is 12.0. The third kappa shape index (κ3) is 1.35. The van der Waals surface area contributed by atoms with Crippen LogP contribution in [0.4, 0.5) is 0 Å². The number of benzene rings is 2. The largest absolute Gasteiger partial charge is 0.504 e. The van der Waals surface area contributed by atoms with E-state index in [2.05, 4.69) is 0 Å². The first-order valence-corrected chi connectivity index (χ1v) is 6.17. The van der Waals surface area contributed by atoms with Crippen molar-refractivity contribution in [2.24, 2.45) is 0 Å². The number of phenols is 5. The molecular formula is C14H6O9. The van der Waals surface area contributed by atoms with Gasteiger partial charge in [0, 0.05) is 11.5 Å². The fourth-order valence-corrected chi connectivity index (χ4v) is 2.68. The van der Waals surface area contributed by atoms with Gasteiger partial charge in [-0.15, -0.1) is 0 Å². The van der Waals surface area contributed by atoms with E-state index in [1.54, 1.807) is 0 Å². The van der Waals surface area contributed by atoms with E-state index in [1.807, 2.05) is 0 Å². The van der Waals surface area contributed by atoms with Gasteiger partial charge in [-0.05, 0) is 0 Å². The topological polar surface area (TPSA) is 162 Å². The van der Waals surface area contributed by atoms with E-state index in [9.17, 15) is 35.1 Å². The standard InChI is InChI=1S/C14H6O9/c15-2-1-3-4-5-7(13(20)22-3)9(17)10(18)11(19)12(5)23-14(21)6(4)8(2)16/h1,15-19H. The molecule has 0 saturated heterocycles. The maximum Gasteiger partial charge on any atom is 0.348 e. The molecule has 0 spiro atoms. The molecule has 4 aromatic rings. The van der Waals surface area contributed by atoms with E-state index in [4.69, 9.17) is 8.83 Å². The molecule has 5 N–H and O–H groups in total. The van der Waals surface area contributed by atoms with Crippen molar-refractivity contribution in [1.82, 2.24) is 0 Å². The molecule has 0 fully saturated rings. The maximum absolute atomic E-state index is 12.0. The van der Waals surface area contributed by atoms with Crippen molar-refractivity contribution >= 4 is 32.7 Å². The van der Waals surface area contributed by atoms with Gasteiger partial charge in [-0.3, -0.25) is 0 Å². The van der Waals surface area contributed by atoms with E-state index < -0.39 is 56.4 Å². The van der Waals surface area contributed by atoms with Crippen molar-refractivity contribution in [1.29, 1.82) is 0 Å². The second-order valence-electron chi connectivity index (χ2n) is 4.90. The minimum Gasteiger partial charge on any atom is -0.504 e. The lowest BCUT2D eigenvalue weighted by molar-refractivity contribution is 0.367. The van der Waals surface area contributed by atoms with E-state index >= 15 is 0 Å². The average Bonchev–Trinajstić information content (AvgIpc) is 2.50. The van der Waals surface area contributed by atoms with Gasteiger partial charge in [0.25, 0.3) is 0 Å². The van der Waals surface area contributed by atoms with Crippen LogP contribution in [0.15, 0.2) is 24.5 Å². The van der Waals surface area contributed by atoms with Gasteiger partial charge < -0.3 is 34.4 Å². The van der Waals surface area contributed by atoms with Crippen LogP contribution < -0.4 is 11.3 Å². The average molecular weight is 318 g/mol. The summed E-state index contributed by atoms with van der Waals surface area (Å²) < 4.78 is 9.76. The molecule has 0 aliphatic heterocycles. The SMILES string of the molecule is O=c1oc2c(O)c(O)c(O)c3c(=O)oc4cc(O)c(O)c1c4c23. The Bertz CT molecular complexity index is 1250. The Morgan fingerprint density at radius 3 is 1.96 bits per heavy atom. The summed E-state index contributed by atoms with van der Waals surface area (Å²) in [5.41, 5.74) is -3.08. The highest BCUT2D eigenvalue weighted by Crippen LogP contribution is 2.48. The van der Waals surface area contributed by atoms with Gasteiger partial charge >= 0.3 is 11.3 Å². The van der Waals surface area contributed by atoms with Gasteiger partial charge in [-0.1, -0.05) is 0 Å². The van der Waals surface area contributed by atoms with Crippen LogP contribution in [0.25, 0.3) is 32.7 Å². The molecule has 116 valence electrons. The summed E-state index contributed by atoms with van der Waals surface area (Å²) in [4.78, 5) is 24.1. The molecule has 0 bridgehead atoms. The second kappa shape index (κ2) is 3.77. The first kappa shape index (κ1) is 13.1. The van der Waals surface area contributed by atoms with Crippen molar-refractivity contribution in [2.45, 2.75) is 0 Å². The van der Waals surface area contributed by atoms with Gasteiger partial charge in [0.05, 0.1) is 5.39 Å². The molecule has 0 atom stereocenters. The Morgan fingerprint density at radius 1 is 0.652 bits per heavy atom. The first-order valence-electron chi connectivity index (χ1n) is 6.17. The molecule has 2 aromatic heterocycles. The number of aromatic hydroxyl groups is 5. The lowest BCUT2D eigenvalue weighted by Gasteiger charge is -2.12. The van der Waals surface area contributed by atoms with E-state index in [1.165, 1.54) is 0 Å². The van der Waals surface area contributed by atoms with Crippen molar-refractivity contribution in [2.75, 3.05) is 0 Å². The summed E-state index contributed by atoms with van der Waals surface area (Å²) in [7, 11) is 0. The molecule has 0 radical (unpaired) electrons. The third-order valence-corrected chi connectivity index (χ3v) is 3.68. The molecule has 0 unspecified atom stereocenters. The van der Waals surface area contributed by atoms with E-state index in [0.717, 1.165) is 6.07 Å². The molecule has 4 rings (SSSR count). The predicted octanol–water partition coefficient (Wildman–Crippen LogP) is 1.02. The summed E-state index contributed by atoms with van der Waals surface area (Å²) >= 11 is 0. The molecule has 0 aliphatic carbocycles. The number of hydrogen-bond acceptors (Lipinski definition) is 9. The molecular weight excluding hydrogens is 312 g/mol. The molecule has 2 heterocycles. The van der Waals surface area contributed by atoms with Gasteiger partial charge in [0.1, 0.15) is 16.4 Å². The van der Waals surface area contributed by atoms with Gasteiger partial charge in [-0.2, -0.15) is 0 Å². The van der Waals surface area contributed by atoms with Crippen LogP contribution >= 0.6 is 0 Å². The molecule has 9 heteroatoms. The minimum absolute atomic E-state index is 0.147. The van der Waals surface area contributed by atoms with E-state index in [0.29, 0.717) is 0 Å². The fourth-order valence-electron chi connectivity index (χ4n) is 2.68. The van der Waals surface area contributed by atoms with Crippen LogP contribution in [0.5, 0.6) is 28.7 Å². The molecule has 0 amide bonds. The van der Waals surface area contributed by atoms with Crippen molar-refractivity contribution in [3.05, 3.63) is 26.9 Å². The minimum atomic E-state index is -1.15. The summed E-state index contributed by atoms with van der Waals surface area (Å²) in [5.74, 6) is -4.50. The Kier molecular flexibility index (Phi) is 2.14. The second-order valence-corrected chi connectivity index (χ2v) is 4.90. The number of hydrogen-bond donors (Lipinski definition) is 5. The molecule has 9 nitrogen and oxygen atoms in total. The third-order valence-electron chi connectivity index (χ3n) is 3.68. The predicted molar refractivity (Wildman–Crippen MR) is 75.5 cm³/mol. The van der Waals surface area contributed by atoms with Gasteiger partial charge in [-0.25, -0.2) is 9.59 Å². The van der Waals surface area contributed by atoms with Crippen LogP contribution in [0.1, 0.15) is 0 Å². The van der Waals surface area contributed by atoms with E-state index in [-0.39, 0.29) is 16.4 Å². The first-order chi connectivity index (χ1) is 10.8. The molecule has 23 heavy (non-hydrogen) atoms. The van der Waals surface area contributed by atoms with Gasteiger partial charge in [0.15, 0.2) is 22.8 Å². The molecule has 2 aromatic carbocycles. The highest BCUT2D eigenvalue weighted by Gasteiger charge is 2.28. The zero-order valence-electron chi connectivity index (χ0n) is 10.9. The zero-order chi connectivity index (χ0) is 16.6. The fraction of sp³-hybridized carbons (Fsp3) is 0. The smallest absolute Gasteiger partial charge is 0.348 e. The zero-order valence-corrected chi connectivity index (χ0v) is 10.9. The lowest BCUT2D eigenvalue weighted by atomic mass is 10.0. The monoisotopic (exact) mass is 318 g/mol. The van der Waals surface area contributed by atoms with Crippen LogP contribution in [-0.2, 0) is 0 Å². The number of rotatable bonds is 0. The van der Waals surface area contributed by atoms with Crippen molar-refractivity contribution < 1.29 is 34.4 Å². The Hall–Kier alpha value is -3.62. The summed E-state index contributed by atoms with van der Waals surface area (Å²) in [5, 5.41) is 47.5. The summed E-state index contributed by atoms with van der Waals surface area (Å²) in [6.07, 6.45) is 0. The quantitative estimate of drug-likeness (QED) is 0.181. The summed E-state index contributed by atoms with van der Waals surface area (Å²) in [6.45, 7) is 0. The van der Waals surface area contributed by atoms with Crippen LogP contribution in [0.2, 0.25) is 0 Å².